The standard InChI is InChI=1S/C14H12ClF3N2/c1-8-2-3-9(6-11(8)15)13(19)12-5-4-10(7-20-12)14(16,17)18/h2-7,13H,19H2,1H3. The lowest BCUT2D eigenvalue weighted by Gasteiger charge is -2.14. The zero-order valence-corrected chi connectivity index (χ0v) is 11.3. The number of nitrogens with two attached hydrogens (primary N) is 1. The van der Waals surface area contributed by atoms with Crippen molar-refractivity contribution in [1.29, 1.82) is 0 Å². The second kappa shape index (κ2) is 5.42. The van der Waals surface area contributed by atoms with Crippen LogP contribution in [0.5, 0.6) is 0 Å². The monoisotopic (exact) mass is 300 g/mol. The van der Waals surface area contributed by atoms with Crippen LogP contribution in [0.1, 0.15) is 28.4 Å². The molecule has 6 heteroatoms. The Morgan fingerprint density at radius 3 is 2.40 bits per heavy atom. The summed E-state index contributed by atoms with van der Waals surface area (Å²) in [5.74, 6) is 0. The predicted molar refractivity (Wildman–Crippen MR) is 71.5 cm³/mol. The molecule has 1 atom stereocenters. The largest absolute Gasteiger partial charge is 0.417 e. The number of hydrogen-bond acceptors (Lipinski definition) is 2. The molecule has 0 saturated heterocycles. The summed E-state index contributed by atoms with van der Waals surface area (Å²) in [6, 6.07) is 6.92. The third kappa shape index (κ3) is 3.11. The molecule has 0 saturated carbocycles. The van der Waals surface area contributed by atoms with E-state index in [9.17, 15) is 13.2 Å². The van der Waals surface area contributed by atoms with Gasteiger partial charge in [-0.1, -0.05) is 23.7 Å². The van der Waals surface area contributed by atoms with Crippen LogP contribution >= 0.6 is 11.6 Å². The lowest BCUT2D eigenvalue weighted by atomic mass is 10.0. The Kier molecular flexibility index (Phi) is 4.01. The van der Waals surface area contributed by atoms with Crippen LogP contribution in [0.3, 0.4) is 0 Å². The van der Waals surface area contributed by atoms with Crippen LogP contribution in [-0.4, -0.2) is 4.98 Å². The second-order valence-corrected chi connectivity index (χ2v) is 4.86. The fraction of sp³-hybridized carbons (Fsp3) is 0.214. The fourth-order valence-electron chi connectivity index (χ4n) is 1.73. The van der Waals surface area contributed by atoms with E-state index in [1.165, 1.54) is 6.07 Å². The number of pyridine rings is 1. The van der Waals surface area contributed by atoms with Crippen molar-refractivity contribution in [2.24, 2.45) is 5.73 Å². The van der Waals surface area contributed by atoms with Crippen molar-refractivity contribution in [2.45, 2.75) is 19.1 Å². The molecule has 1 aromatic carbocycles. The third-order valence-corrected chi connectivity index (χ3v) is 3.39. The Morgan fingerprint density at radius 2 is 1.90 bits per heavy atom. The lowest BCUT2D eigenvalue weighted by Crippen LogP contribution is -2.14. The minimum absolute atomic E-state index is 0.359. The highest BCUT2D eigenvalue weighted by Gasteiger charge is 2.30. The first-order valence-corrected chi connectivity index (χ1v) is 6.21. The van der Waals surface area contributed by atoms with Crippen molar-refractivity contribution in [3.8, 4) is 0 Å². The number of hydrogen-bond donors (Lipinski definition) is 1. The Hall–Kier alpha value is -1.59. The molecular weight excluding hydrogens is 289 g/mol. The van der Waals surface area contributed by atoms with Crippen LogP contribution < -0.4 is 5.73 Å². The molecule has 2 nitrogen and oxygen atoms in total. The summed E-state index contributed by atoms with van der Waals surface area (Å²) < 4.78 is 37.4. The van der Waals surface area contributed by atoms with Gasteiger partial charge in [-0.05, 0) is 36.2 Å². The molecule has 2 aromatic rings. The fourth-order valence-corrected chi connectivity index (χ4v) is 1.92. The molecular formula is C14H12ClF3N2. The summed E-state index contributed by atoms with van der Waals surface area (Å²) in [4.78, 5) is 3.79. The molecule has 106 valence electrons. The number of alkyl halides is 3. The van der Waals surface area contributed by atoms with Crippen LogP contribution in [0.2, 0.25) is 5.02 Å². The summed E-state index contributed by atoms with van der Waals surface area (Å²) in [5.41, 5.74) is 7.16. The van der Waals surface area contributed by atoms with Crippen LogP contribution in [0.15, 0.2) is 36.5 Å². The van der Waals surface area contributed by atoms with Crippen molar-refractivity contribution in [2.75, 3.05) is 0 Å². The Bertz CT molecular complexity index is 609. The summed E-state index contributed by atoms with van der Waals surface area (Å²) in [6.07, 6.45) is -3.62. The van der Waals surface area contributed by atoms with Gasteiger partial charge in [0.15, 0.2) is 0 Å². The Morgan fingerprint density at radius 1 is 1.20 bits per heavy atom. The highest BCUT2D eigenvalue weighted by Crippen LogP contribution is 2.30. The molecule has 2 N–H and O–H groups in total. The molecule has 1 unspecified atom stereocenters. The number of nitrogens with zero attached hydrogens (tertiary/aromatic N) is 1. The van der Waals surface area contributed by atoms with Gasteiger partial charge in [0.1, 0.15) is 0 Å². The molecule has 0 aliphatic carbocycles. The first kappa shape index (κ1) is 14.8. The summed E-state index contributed by atoms with van der Waals surface area (Å²) in [5, 5.41) is 0.560. The van der Waals surface area contributed by atoms with Gasteiger partial charge >= 0.3 is 6.18 Å². The molecule has 0 aliphatic rings. The normalized spacial score (nSPS) is 13.3. The van der Waals surface area contributed by atoms with Gasteiger partial charge in [0.25, 0.3) is 0 Å². The molecule has 0 fully saturated rings. The van der Waals surface area contributed by atoms with Crippen LogP contribution in [0, 0.1) is 6.92 Å². The van der Waals surface area contributed by atoms with Gasteiger partial charge in [-0.25, -0.2) is 0 Å². The average Bonchev–Trinajstić information content (AvgIpc) is 2.40. The van der Waals surface area contributed by atoms with Gasteiger partial charge in [0.2, 0.25) is 0 Å². The number of halogens is 4. The number of aryl methyl sites for hydroxylation is 1. The van der Waals surface area contributed by atoms with Gasteiger partial charge in [0.05, 0.1) is 17.3 Å². The zero-order chi connectivity index (χ0) is 14.9. The van der Waals surface area contributed by atoms with Crippen LogP contribution in [0.25, 0.3) is 0 Å². The quantitative estimate of drug-likeness (QED) is 0.906. The molecule has 0 aliphatic heterocycles. The second-order valence-electron chi connectivity index (χ2n) is 4.46. The minimum Gasteiger partial charge on any atom is -0.319 e. The van der Waals surface area contributed by atoms with Gasteiger partial charge < -0.3 is 5.73 Å². The van der Waals surface area contributed by atoms with Crippen LogP contribution in [0.4, 0.5) is 13.2 Å². The molecule has 1 aromatic heterocycles. The van der Waals surface area contributed by atoms with Gasteiger partial charge in [0, 0.05) is 11.2 Å². The van der Waals surface area contributed by atoms with Crippen molar-refractivity contribution < 1.29 is 13.2 Å². The van der Waals surface area contributed by atoms with E-state index in [2.05, 4.69) is 4.98 Å². The van der Waals surface area contributed by atoms with E-state index in [0.29, 0.717) is 16.3 Å². The SMILES string of the molecule is Cc1ccc(C(N)c2ccc(C(F)(F)F)cn2)cc1Cl. The van der Waals surface area contributed by atoms with Gasteiger partial charge in [-0.2, -0.15) is 13.2 Å². The molecule has 0 radical (unpaired) electrons. The zero-order valence-electron chi connectivity index (χ0n) is 10.6. The number of aromatic nitrogens is 1. The average molecular weight is 301 g/mol. The predicted octanol–water partition coefficient (Wildman–Crippen LogP) is 4.11. The highest BCUT2D eigenvalue weighted by atomic mass is 35.5. The van der Waals surface area contributed by atoms with E-state index in [1.54, 1.807) is 12.1 Å². The Balaban J connectivity index is 2.29. The maximum absolute atomic E-state index is 12.5. The molecule has 1 heterocycles. The van der Waals surface area contributed by atoms with E-state index >= 15 is 0 Å². The topological polar surface area (TPSA) is 38.9 Å². The third-order valence-electron chi connectivity index (χ3n) is 2.99. The van der Waals surface area contributed by atoms with E-state index in [1.807, 2.05) is 13.0 Å². The van der Waals surface area contributed by atoms with Gasteiger partial charge in [-0.3, -0.25) is 4.98 Å². The maximum Gasteiger partial charge on any atom is 0.417 e. The highest BCUT2D eigenvalue weighted by molar-refractivity contribution is 6.31. The molecule has 0 spiro atoms. The molecule has 20 heavy (non-hydrogen) atoms. The molecule has 0 bridgehead atoms. The lowest BCUT2D eigenvalue weighted by molar-refractivity contribution is -0.137. The Labute approximate surface area is 119 Å². The van der Waals surface area contributed by atoms with E-state index < -0.39 is 17.8 Å². The summed E-state index contributed by atoms with van der Waals surface area (Å²) >= 11 is 6.01. The molecule has 2 rings (SSSR count). The van der Waals surface area contributed by atoms with Crippen molar-refractivity contribution in [3.63, 3.8) is 0 Å². The minimum atomic E-state index is -4.40. The molecule has 0 amide bonds. The number of rotatable bonds is 2. The summed E-state index contributed by atoms with van der Waals surface area (Å²) in [6.45, 7) is 1.86. The van der Waals surface area contributed by atoms with Crippen molar-refractivity contribution >= 4 is 11.6 Å². The first-order chi connectivity index (χ1) is 9.29. The van der Waals surface area contributed by atoms with E-state index in [-0.39, 0.29) is 0 Å². The van der Waals surface area contributed by atoms with Crippen LogP contribution in [-0.2, 0) is 6.18 Å². The van der Waals surface area contributed by atoms with Crippen molar-refractivity contribution in [1.82, 2.24) is 4.98 Å². The first-order valence-electron chi connectivity index (χ1n) is 5.84. The maximum atomic E-state index is 12.5. The van der Waals surface area contributed by atoms with Gasteiger partial charge in [-0.15, -0.1) is 0 Å². The van der Waals surface area contributed by atoms with E-state index in [0.717, 1.165) is 17.8 Å². The summed E-state index contributed by atoms with van der Waals surface area (Å²) in [7, 11) is 0. The number of benzene rings is 1. The van der Waals surface area contributed by atoms with E-state index in [4.69, 9.17) is 17.3 Å². The van der Waals surface area contributed by atoms with Crippen molar-refractivity contribution in [3.05, 3.63) is 63.9 Å². The smallest absolute Gasteiger partial charge is 0.319 e.